The molecule has 0 aliphatic carbocycles. The summed E-state index contributed by atoms with van der Waals surface area (Å²) in [7, 11) is 0. The molecular weight excluding hydrogens is 815 g/mol. The molecule has 0 saturated carbocycles. The summed E-state index contributed by atoms with van der Waals surface area (Å²) in [4.78, 5) is 24.5. The van der Waals surface area contributed by atoms with E-state index in [1.165, 1.54) is 199 Å². The number of ether oxygens (including phenoxy) is 1. The standard InChI is InChI=1S/C60H111NO5/c1-3-5-7-9-11-13-15-17-19-21-22-24-25-28-32-36-40-44-48-52-58(63)57(56-62)61-59(64)53-49-45-41-37-33-29-27-31-35-39-43-47-51-55-66-60(65)54-50-46-42-38-34-30-26-23-20-18-16-14-12-10-8-6-4-2/h12,14,18,20,29,33,41,45,57-58,62-63H,3-11,13,15-17,19,21-28,30-32,34-40,42-44,46-56H2,1-2H3,(H,61,64)/b14-12-,20-18-,33-29-,45-41-. The molecule has 2 unspecified atom stereocenters. The van der Waals surface area contributed by atoms with Gasteiger partial charge in [0.2, 0.25) is 5.91 Å². The molecule has 3 N–H and O–H groups in total. The van der Waals surface area contributed by atoms with Crippen molar-refractivity contribution in [1.29, 1.82) is 0 Å². The van der Waals surface area contributed by atoms with Crippen LogP contribution in [0.1, 0.15) is 296 Å². The number of esters is 1. The van der Waals surface area contributed by atoms with Crippen LogP contribution < -0.4 is 5.32 Å². The van der Waals surface area contributed by atoms with Crippen LogP contribution >= 0.6 is 0 Å². The number of amides is 1. The highest BCUT2D eigenvalue weighted by Crippen LogP contribution is 2.17. The number of carbonyl (C=O) groups is 2. The van der Waals surface area contributed by atoms with Crippen molar-refractivity contribution < 1.29 is 24.5 Å². The fourth-order valence-corrected chi connectivity index (χ4v) is 8.66. The second kappa shape index (κ2) is 55.4. The van der Waals surface area contributed by atoms with Crippen LogP contribution in [-0.4, -0.2) is 47.4 Å². The summed E-state index contributed by atoms with van der Waals surface area (Å²) in [6, 6.07) is -0.587. The summed E-state index contributed by atoms with van der Waals surface area (Å²) in [5.41, 5.74) is 0. The SMILES string of the molecule is CCCCC/C=C\C/C=C\CCCCCCCCCC(=O)OCCCCCCCC/C=C\C/C=C\CCC(=O)NC(CO)C(O)CCCCCCCCCCCCCCCCCCCCC. The quantitative estimate of drug-likeness (QED) is 0.0321. The average molecular weight is 927 g/mol. The maximum absolute atomic E-state index is 12.5. The zero-order chi connectivity index (χ0) is 47.9. The second-order valence-electron chi connectivity index (χ2n) is 19.6. The Balaban J connectivity index is 3.54. The number of allylic oxidation sites excluding steroid dienone is 8. The average Bonchev–Trinajstić information content (AvgIpc) is 3.32. The topological polar surface area (TPSA) is 95.9 Å². The number of hydrogen-bond donors (Lipinski definition) is 3. The molecule has 6 heteroatoms. The van der Waals surface area contributed by atoms with Crippen LogP contribution in [0.5, 0.6) is 0 Å². The highest BCUT2D eigenvalue weighted by Gasteiger charge is 2.19. The fraction of sp³-hybridized carbons (Fsp3) is 0.833. The van der Waals surface area contributed by atoms with Crippen molar-refractivity contribution in [2.75, 3.05) is 13.2 Å². The molecule has 0 spiro atoms. The normalized spacial score (nSPS) is 13.0. The lowest BCUT2D eigenvalue weighted by Gasteiger charge is -2.22. The lowest BCUT2D eigenvalue weighted by Crippen LogP contribution is -2.45. The molecule has 0 rings (SSSR count). The Bertz CT molecular complexity index is 1110. The van der Waals surface area contributed by atoms with Gasteiger partial charge in [-0.05, 0) is 77.0 Å². The molecule has 0 aromatic heterocycles. The lowest BCUT2D eigenvalue weighted by atomic mass is 10.0. The molecule has 0 aliphatic rings. The summed E-state index contributed by atoms with van der Waals surface area (Å²) in [5.74, 6) is -0.140. The third-order valence-electron chi connectivity index (χ3n) is 13.1. The number of aliphatic hydroxyl groups excluding tert-OH is 2. The van der Waals surface area contributed by atoms with Gasteiger partial charge in [0.15, 0.2) is 0 Å². The van der Waals surface area contributed by atoms with E-state index in [0.29, 0.717) is 32.3 Å². The zero-order valence-corrected chi connectivity index (χ0v) is 43.9. The zero-order valence-electron chi connectivity index (χ0n) is 43.9. The summed E-state index contributed by atoms with van der Waals surface area (Å²) >= 11 is 0. The van der Waals surface area contributed by atoms with E-state index in [0.717, 1.165) is 57.8 Å². The van der Waals surface area contributed by atoms with Gasteiger partial charge in [-0.1, -0.05) is 255 Å². The number of hydrogen-bond acceptors (Lipinski definition) is 5. The van der Waals surface area contributed by atoms with Crippen LogP contribution in [0.4, 0.5) is 0 Å². The first-order valence-corrected chi connectivity index (χ1v) is 28.9. The van der Waals surface area contributed by atoms with Crippen molar-refractivity contribution in [2.24, 2.45) is 0 Å². The van der Waals surface area contributed by atoms with Gasteiger partial charge in [0.25, 0.3) is 0 Å². The van der Waals surface area contributed by atoms with Gasteiger partial charge in [-0.2, -0.15) is 0 Å². The largest absolute Gasteiger partial charge is 0.466 e. The van der Waals surface area contributed by atoms with Gasteiger partial charge >= 0.3 is 5.97 Å². The van der Waals surface area contributed by atoms with Crippen LogP contribution in [0.3, 0.4) is 0 Å². The molecule has 6 nitrogen and oxygen atoms in total. The highest BCUT2D eigenvalue weighted by molar-refractivity contribution is 5.76. The minimum atomic E-state index is -0.701. The van der Waals surface area contributed by atoms with Crippen LogP contribution in [0.2, 0.25) is 0 Å². The van der Waals surface area contributed by atoms with Crippen molar-refractivity contribution in [3.05, 3.63) is 48.6 Å². The monoisotopic (exact) mass is 926 g/mol. The number of carbonyl (C=O) groups excluding carboxylic acids is 2. The summed E-state index contributed by atoms with van der Waals surface area (Å²) < 4.78 is 5.46. The van der Waals surface area contributed by atoms with E-state index in [-0.39, 0.29) is 18.5 Å². The Labute approximate surface area is 410 Å². The smallest absolute Gasteiger partial charge is 0.305 e. The first-order valence-electron chi connectivity index (χ1n) is 28.9. The Morgan fingerprint density at radius 2 is 0.773 bits per heavy atom. The van der Waals surface area contributed by atoms with Gasteiger partial charge in [0, 0.05) is 12.8 Å². The number of aliphatic hydroxyl groups is 2. The van der Waals surface area contributed by atoms with Gasteiger partial charge in [0.05, 0.1) is 25.4 Å². The van der Waals surface area contributed by atoms with Crippen molar-refractivity contribution in [2.45, 2.75) is 309 Å². The van der Waals surface area contributed by atoms with Gasteiger partial charge in [-0.3, -0.25) is 9.59 Å². The predicted octanol–water partition coefficient (Wildman–Crippen LogP) is 17.8. The molecule has 1 amide bonds. The van der Waals surface area contributed by atoms with Crippen molar-refractivity contribution in [3.8, 4) is 0 Å². The van der Waals surface area contributed by atoms with Gasteiger partial charge < -0.3 is 20.3 Å². The molecule has 0 aromatic carbocycles. The number of nitrogens with one attached hydrogen (secondary N) is 1. The molecule has 0 bridgehead atoms. The Morgan fingerprint density at radius 1 is 0.424 bits per heavy atom. The fourth-order valence-electron chi connectivity index (χ4n) is 8.66. The first kappa shape index (κ1) is 63.8. The molecular formula is C60H111NO5. The molecule has 0 saturated heterocycles. The first-order chi connectivity index (χ1) is 32.5. The molecule has 0 radical (unpaired) electrons. The summed E-state index contributed by atoms with van der Waals surface area (Å²) in [6.07, 6.45) is 69.6. The van der Waals surface area contributed by atoms with Gasteiger partial charge in [-0.25, -0.2) is 0 Å². The molecule has 66 heavy (non-hydrogen) atoms. The van der Waals surface area contributed by atoms with E-state index in [4.69, 9.17) is 4.74 Å². The molecule has 0 heterocycles. The van der Waals surface area contributed by atoms with Gasteiger partial charge in [0.1, 0.15) is 0 Å². The van der Waals surface area contributed by atoms with E-state index < -0.39 is 12.1 Å². The van der Waals surface area contributed by atoms with E-state index in [1.54, 1.807) is 0 Å². The number of unbranched alkanes of at least 4 members (excludes halogenated alkanes) is 34. The molecule has 386 valence electrons. The van der Waals surface area contributed by atoms with E-state index >= 15 is 0 Å². The van der Waals surface area contributed by atoms with Crippen LogP contribution in [-0.2, 0) is 14.3 Å². The maximum Gasteiger partial charge on any atom is 0.305 e. The third kappa shape index (κ3) is 51.2. The highest BCUT2D eigenvalue weighted by atomic mass is 16.5. The van der Waals surface area contributed by atoms with Crippen molar-refractivity contribution in [3.63, 3.8) is 0 Å². The number of rotatable bonds is 53. The van der Waals surface area contributed by atoms with Crippen molar-refractivity contribution >= 4 is 11.9 Å². The second-order valence-corrected chi connectivity index (χ2v) is 19.6. The Morgan fingerprint density at radius 3 is 1.21 bits per heavy atom. The molecule has 2 atom stereocenters. The Hall–Kier alpha value is -2.18. The van der Waals surface area contributed by atoms with E-state index in [9.17, 15) is 19.8 Å². The van der Waals surface area contributed by atoms with Crippen LogP contribution in [0.25, 0.3) is 0 Å². The Kier molecular flexibility index (Phi) is 53.6. The lowest BCUT2D eigenvalue weighted by molar-refractivity contribution is -0.143. The van der Waals surface area contributed by atoms with E-state index in [1.807, 2.05) is 6.08 Å². The molecule has 0 aromatic rings. The third-order valence-corrected chi connectivity index (χ3v) is 13.1. The van der Waals surface area contributed by atoms with Gasteiger partial charge in [-0.15, -0.1) is 0 Å². The summed E-state index contributed by atoms with van der Waals surface area (Å²) in [6.45, 7) is 4.87. The van der Waals surface area contributed by atoms with Crippen LogP contribution in [0, 0.1) is 0 Å². The summed E-state index contributed by atoms with van der Waals surface area (Å²) in [5, 5.41) is 23.2. The maximum atomic E-state index is 12.5. The van der Waals surface area contributed by atoms with Crippen molar-refractivity contribution in [1.82, 2.24) is 5.32 Å². The van der Waals surface area contributed by atoms with E-state index in [2.05, 4.69) is 61.7 Å². The molecule has 0 fully saturated rings. The minimum Gasteiger partial charge on any atom is -0.466 e. The minimum absolute atomic E-state index is 0.0248. The molecule has 0 aliphatic heterocycles. The van der Waals surface area contributed by atoms with Crippen LogP contribution in [0.15, 0.2) is 48.6 Å². The predicted molar refractivity (Wildman–Crippen MR) is 287 cm³/mol.